The van der Waals surface area contributed by atoms with Crippen LogP contribution in [0.4, 0.5) is 5.82 Å². The van der Waals surface area contributed by atoms with Gasteiger partial charge in [0.2, 0.25) is 0 Å². The van der Waals surface area contributed by atoms with Gasteiger partial charge in [0.15, 0.2) is 5.43 Å². The summed E-state index contributed by atoms with van der Waals surface area (Å²) in [5, 5.41) is 3.17. The number of nitrogens with one attached hydrogen (secondary N) is 1. The van der Waals surface area contributed by atoms with E-state index >= 15 is 0 Å². The third-order valence-electron chi connectivity index (χ3n) is 2.41. The Labute approximate surface area is 99.9 Å². The van der Waals surface area contributed by atoms with Gasteiger partial charge in [0.05, 0.1) is 0 Å². The van der Waals surface area contributed by atoms with Crippen LogP contribution in [0, 0.1) is 0 Å². The number of anilines is 1. The highest BCUT2D eigenvalue weighted by Gasteiger charge is 1.97. The summed E-state index contributed by atoms with van der Waals surface area (Å²) in [6.45, 7) is 3.63. The lowest BCUT2D eigenvalue weighted by molar-refractivity contribution is 0.787. The van der Waals surface area contributed by atoms with Gasteiger partial charge in [0, 0.05) is 43.8 Å². The van der Waals surface area contributed by atoms with Crippen LogP contribution < -0.4 is 10.7 Å². The minimum atomic E-state index is 0.0318. The van der Waals surface area contributed by atoms with Crippen molar-refractivity contribution in [1.82, 2.24) is 9.55 Å². The maximum absolute atomic E-state index is 11.0. The maximum Gasteiger partial charge on any atom is 0.181 e. The summed E-state index contributed by atoms with van der Waals surface area (Å²) in [4.78, 5) is 15.2. The molecule has 0 aromatic carbocycles. The summed E-state index contributed by atoms with van der Waals surface area (Å²) < 4.78 is 1.96. The molecule has 0 bridgehead atoms. The van der Waals surface area contributed by atoms with Gasteiger partial charge in [-0.25, -0.2) is 4.98 Å². The number of rotatable bonds is 4. The summed E-state index contributed by atoms with van der Waals surface area (Å²) >= 11 is 0. The van der Waals surface area contributed by atoms with Gasteiger partial charge in [-0.05, 0) is 24.6 Å². The molecule has 0 fully saturated rings. The van der Waals surface area contributed by atoms with Crippen molar-refractivity contribution in [3.63, 3.8) is 0 Å². The van der Waals surface area contributed by atoms with Crippen molar-refractivity contribution < 1.29 is 0 Å². The Morgan fingerprint density at radius 3 is 2.76 bits per heavy atom. The van der Waals surface area contributed by atoms with Gasteiger partial charge in [0.1, 0.15) is 5.82 Å². The van der Waals surface area contributed by atoms with E-state index in [0.29, 0.717) is 0 Å². The number of hydrogen-bond donors (Lipinski definition) is 1. The van der Waals surface area contributed by atoms with Crippen LogP contribution >= 0.6 is 0 Å². The van der Waals surface area contributed by atoms with Crippen molar-refractivity contribution in [3.05, 3.63) is 58.6 Å². The van der Waals surface area contributed by atoms with E-state index in [0.717, 1.165) is 24.5 Å². The Kier molecular flexibility index (Phi) is 3.55. The molecular weight excluding hydrogens is 214 g/mol. The molecule has 2 aromatic heterocycles. The van der Waals surface area contributed by atoms with Gasteiger partial charge in [-0.1, -0.05) is 0 Å². The number of hydrogen-bond acceptors (Lipinski definition) is 3. The van der Waals surface area contributed by atoms with Gasteiger partial charge in [0.25, 0.3) is 0 Å². The zero-order chi connectivity index (χ0) is 12.1. The van der Waals surface area contributed by atoms with Crippen LogP contribution in [0.3, 0.4) is 0 Å². The van der Waals surface area contributed by atoms with E-state index in [1.807, 2.05) is 23.6 Å². The highest BCUT2D eigenvalue weighted by molar-refractivity contribution is 5.37. The van der Waals surface area contributed by atoms with Gasteiger partial charge in [-0.15, -0.1) is 0 Å². The molecule has 17 heavy (non-hydrogen) atoms. The van der Waals surface area contributed by atoms with Gasteiger partial charge < -0.3 is 9.88 Å². The van der Waals surface area contributed by atoms with Gasteiger partial charge in [-0.3, -0.25) is 4.79 Å². The molecule has 4 heteroatoms. The summed E-state index contributed by atoms with van der Waals surface area (Å²) in [5.74, 6) is 0.881. The predicted molar refractivity (Wildman–Crippen MR) is 68.2 cm³/mol. The molecule has 0 saturated carbocycles. The maximum atomic E-state index is 11.0. The molecule has 0 spiro atoms. The van der Waals surface area contributed by atoms with E-state index in [1.165, 1.54) is 0 Å². The molecule has 0 aliphatic carbocycles. The molecule has 0 atom stereocenters. The molecule has 1 N–H and O–H groups in total. The van der Waals surface area contributed by atoms with Crippen LogP contribution in [0.25, 0.3) is 0 Å². The fourth-order valence-corrected chi connectivity index (χ4v) is 1.61. The van der Waals surface area contributed by atoms with E-state index in [2.05, 4.69) is 10.3 Å². The van der Waals surface area contributed by atoms with Crippen LogP contribution in [0.5, 0.6) is 0 Å². The molecule has 2 aromatic rings. The summed E-state index contributed by atoms with van der Waals surface area (Å²) in [6.07, 6.45) is 5.36. The average molecular weight is 229 g/mol. The van der Waals surface area contributed by atoms with Crippen molar-refractivity contribution in [2.75, 3.05) is 11.9 Å². The topological polar surface area (TPSA) is 46.9 Å². The van der Waals surface area contributed by atoms with E-state index in [1.54, 1.807) is 30.7 Å². The summed E-state index contributed by atoms with van der Waals surface area (Å²) in [5.41, 5.74) is 1.18. The minimum absolute atomic E-state index is 0.0318. The first-order valence-electron chi connectivity index (χ1n) is 5.63. The molecular formula is C13H15N3O. The number of pyridine rings is 2. The highest BCUT2D eigenvalue weighted by Crippen LogP contribution is 2.07. The van der Waals surface area contributed by atoms with E-state index in [-0.39, 0.29) is 5.43 Å². The van der Waals surface area contributed by atoms with Crippen LogP contribution in [0.1, 0.15) is 12.5 Å². The van der Waals surface area contributed by atoms with Crippen LogP contribution in [-0.4, -0.2) is 16.1 Å². The first kappa shape index (κ1) is 11.4. The van der Waals surface area contributed by atoms with Crippen LogP contribution in [0.2, 0.25) is 0 Å². The lowest BCUT2D eigenvalue weighted by Gasteiger charge is -2.07. The first-order valence-corrected chi connectivity index (χ1v) is 5.63. The smallest absolute Gasteiger partial charge is 0.181 e. The third kappa shape index (κ3) is 3.17. The van der Waals surface area contributed by atoms with Gasteiger partial charge >= 0.3 is 0 Å². The molecule has 0 saturated heterocycles. The molecule has 88 valence electrons. The first-order chi connectivity index (χ1) is 8.28. The quantitative estimate of drug-likeness (QED) is 0.868. The SMILES string of the molecule is CCNc1cc(Cn2ccc(=O)cc2)ccn1. The van der Waals surface area contributed by atoms with Crippen molar-refractivity contribution in [1.29, 1.82) is 0 Å². The van der Waals surface area contributed by atoms with Crippen molar-refractivity contribution in [2.24, 2.45) is 0 Å². The minimum Gasteiger partial charge on any atom is -0.370 e. The predicted octanol–water partition coefficient (Wildman–Crippen LogP) is 1.72. The largest absolute Gasteiger partial charge is 0.370 e. The third-order valence-corrected chi connectivity index (χ3v) is 2.41. The Bertz CT molecular complexity index is 528. The molecule has 0 amide bonds. The second kappa shape index (κ2) is 5.30. The Morgan fingerprint density at radius 2 is 2.06 bits per heavy atom. The standard InChI is InChI=1S/C13H15N3O/c1-2-14-13-9-11(3-6-15-13)10-16-7-4-12(17)5-8-16/h3-9H,2,10H2,1H3,(H,14,15). The van der Waals surface area contributed by atoms with Crippen molar-refractivity contribution in [3.8, 4) is 0 Å². The van der Waals surface area contributed by atoms with Crippen LogP contribution in [-0.2, 0) is 6.54 Å². The van der Waals surface area contributed by atoms with Crippen LogP contribution in [0.15, 0.2) is 47.7 Å². The zero-order valence-corrected chi connectivity index (χ0v) is 9.76. The number of aromatic nitrogens is 2. The fraction of sp³-hybridized carbons (Fsp3) is 0.231. The Balaban J connectivity index is 2.15. The Morgan fingerprint density at radius 1 is 1.29 bits per heavy atom. The van der Waals surface area contributed by atoms with E-state index in [9.17, 15) is 4.79 Å². The molecule has 2 rings (SSSR count). The van der Waals surface area contributed by atoms with E-state index in [4.69, 9.17) is 0 Å². The highest BCUT2D eigenvalue weighted by atomic mass is 16.1. The lowest BCUT2D eigenvalue weighted by Crippen LogP contribution is -2.05. The molecule has 0 aliphatic heterocycles. The molecule has 4 nitrogen and oxygen atoms in total. The fourth-order valence-electron chi connectivity index (χ4n) is 1.61. The normalized spacial score (nSPS) is 10.2. The van der Waals surface area contributed by atoms with Crippen molar-refractivity contribution in [2.45, 2.75) is 13.5 Å². The second-order valence-corrected chi connectivity index (χ2v) is 3.79. The molecule has 0 aliphatic rings. The second-order valence-electron chi connectivity index (χ2n) is 3.79. The average Bonchev–Trinajstić information content (AvgIpc) is 2.33. The molecule has 2 heterocycles. The number of nitrogens with zero attached hydrogens (tertiary/aromatic N) is 2. The molecule has 0 unspecified atom stereocenters. The zero-order valence-electron chi connectivity index (χ0n) is 9.76. The van der Waals surface area contributed by atoms with Crippen molar-refractivity contribution >= 4 is 5.82 Å². The van der Waals surface area contributed by atoms with E-state index < -0.39 is 0 Å². The lowest BCUT2D eigenvalue weighted by atomic mass is 10.2. The monoisotopic (exact) mass is 229 g/mol. The molecule has 0 radical (unpaired) electrons. The van der Waals surface area contributed by atoms with Gasteiger partial charge in [-0.2, -0.15) is 0 Å². The summed E-state index contributed by atoms with van der Waals surface area (Å²) in [6, 6.07) is 7.11. The Hall–Kier alpha value is -2.10. The summed E-state index contributed by atoms with van der Waals surface area (Å²) in [7, 11) is 0.